The molecule has 0 atom stereocenters. The Labute approximate surface area is 138 Å². The predicted octanol–water partition coefficient (Wildman–Crippen LogP) is 1.76. The van der Waals surface area contributed by atoms with Gasteiger partial charge in [-0.3, -0.25) is 4.79 Å². The number of amidine groups is 1. The number of aliphatic imine (C=N–C) groups is 1. The second-order valence-electron chi connectivity index (χ2n) is 5.31. The van der Waals surface area contributed by atoms with Crippen molar-refractivity contribution in [2.45, 2.75) is 0 Å². The molecule has 0 bridgehead atoms. The average Bonchev–Trinajstić information content (AvgIpc) is 2.96. The number of hydrogen-bond acceptors (Lipinski definition) is 6. The second-order valence-corrected chi connectivity index (χ2v) is 6.32. The van der Waals surface area contributed by atoms with Crippen molar-refractivity contribution in [3.8, 4) is 11.5 Å². The quantitative estimate of drug-likeness (QED) is 0.731. The van der Waals surface area contributed by atoms with Crippen LogP contribution in [0, 0.1) is 0 Å². The van der Waals surface area contributed by atoms with E-state index in [4.69, 9.17) is 14.2 Å². The highest BCUT2D eigenvalue weighted by molar-refractivity contribution is 8.18. The smallest absolute Gasteiger partial charge is 0.286 e. The molecule has 7 heteroatoms. The largest absolute Gasteiger partial charge is 0.486 e. The van der Waals surface area contributed by atoms with Crippen molar-refractivity contribution in [2.24, 2.45) is 4.99 Å². The average molecular weight is 332 g/mol. The van der Waals surface area contributed by atoms with E-state index in [1.54, 1.807) is 0 Å². The van der Waals surface area contributed by atoms with E-state index in [-0.39, 0.29) is 5.91 Å². The van der Waals surface area contributed by atoms with Crippen LogP contribution < -0.4 is 9.47 Å². The molecule has 3 heterocycles. The molecule has 23 heavy (non-hydrogen) atoms. The van der Waals surface area contributed by atoms with Gasteiger partial charge in [0.05, 0.1) is 18.1 Å². The first-order valence-electron chi connectivity index (χ1n) is 7.54. The molecule has 0 unspecified atom stereocenters. The number of nitrogens with zero attached hydrogens (tertiary/aromatic N) is 2. The van der Waals surface area contributed by atoms with Crippen LogP contribution in [0.5, 0.6) is 11.5 Å². The molecule has 0 aromatic heterocycles. The van der Waals surface area contributed by atoms with E-state index in [1.807, 2.05) is 24.3 Å². The van der Waals surface area contributed by atoms with Gasteiger partial charge in [0.2, 0.25) is 0 Å². The molecule has 1 amide bonds. The molecular formula is C16H16N2O4S. The molecule has 0 radical (unpaired) electrons. The molecule has 1 saturated heterocycles. The fourth-order valence-corrected chi connectivity index (χ4v) is 3.55. The van der Waals surface area contributed by atoms with E-state index in [0.29, 0.717) is 31.3 Å². The molecule has 1 aromatic carbocycles. The van der Waals surface area contributed by atoms with Gasteiger partial charge in [-0.2, -0.15) is 4.99 Å². The number of hydrogen-bond donors (Lipinski definition) is 0. The van der Waals surface area contributed by atoms with Gasteiger partial charge in [-0.05, 0) is 35.5 Å². The van der Waals surface area contributed by atoms with Crippen LogP contribution in [-0.4, -0.2) is 55.5 Å². The summed E-state index contributed by atoms with van der Waals surface area (Å²) >= 11 is 1.42. The maximum Gasteiger partial charge on any atom is 0.286 e. The first kappa shape index (κ1) is 14.6. The van der Waals surface area contributed by atoms with E-state index in [2.05, 4.69) is 9.89 Å². The molecule has 0 N–H and O–H groups in total. The Morgan fingerprint density at radius 1 is 1.09 bits per heavy atom. The summed E-state index contributed by atoms with van der Waals surface area (Å²) < 4.78 is 16.4. The molecule has 0 saturated carbocycles. The molecule has 0 spiro atoms. The van der Waals surface area contributed by atoms with Gasteiger partial charge in [0, 0.05) is 13.1 Å². The minimum Gasteiger partial charge on any atom is -0.486 e. The Morgan fingerprint density at radius 3 is 2.70 bits per heavy atom. The number of ether oxygens (including phenoxy) is 3. The zero-order valence-electron chi connectivity index (χ0n) is 12.5. The molecular weight excluding hydrogens is 316 g/mol. The Bertz CT molecular complexity index is 695. The van der Waals surface area contributed by atoms with Gasteiger partial charge in [0.15, 0.2) is 16.7 Å². The normalized spacial score (nSPS) is 22.4. The first-order chi connectivity index (χ1) is 11.3. The predicted molar refractivity (Wildman–Crippen MR) is 87.8 cm³/mol. The van der Waals surface area contributed by atoms with E-state index >= 15 is 0 Å². The molecule has 120 valence electrons. The van der Waals surface area contributed by atoms with Crippen LogP contribution in [0.1, 0.15) is 5.56 Å². The minimum atomic E-state index is -0.189. The van der Waals surface area contributed by atoms with E-state index in [9.17, 15) is 4.79 Å². The lowest BCUT2D eigenvalue weighted by Crippen LogP contribution is -2.38. The number of thioether (sulfide) groups is 1. The summed E-state index contributed by atoms with van der Waals surface area (Å²) in [6.07, 6.45) is 1.85. The van der Waals surface area contributed by atoms with Crippen molar-refractivity contribution in [1.82, 2.24) is 4.90 Å². The number of benzene rings is 1. The van der Waals surface area contributed by atoms with Crippen LogP contribution >= 0.6 is 11.8 Å². The van der Waals surface area contributed by atoms with Crippen molar-refractivity contribution in [1.29, 1.82) is 0 Å². The Hall–Kier alpha value is -1.99. The summed E-state index contributed by atoms with van der Waals surface area (Å²) in [5.41, 5.74) is 0.906. The van der Waals surface area contributed by atoms with Gasteiger partial charge in [-0.15, -0.1) is 0 Å². The summed E-state index contributed by atoms with van der Waals surface area (Å²) in [5, 5.41) is 0.766. The third kappa shape index (κ3) is 3.07. The van der Waals surface area contributed by atoms with Crippen LogP contribution in [0.4, 0.5) is 0 Å². The first-order valence-corrected chi connectivity index (χ1v) is 8.36. The van der Waals surface area contributed by atoms with Crippen LogP contribution in [0.15, 0.2) is 28.1 Å². The molecule has 0 aliphatic carbocycles. The topological polar surface area (TPSA) is 60.4 Å². The maximum atomic E-state index is 12.1. The lowest BCUT2D eigenvalue weighted by Gasteiger charge is -2.27. The molecule has 3 aliphatic heterocycles. The highest BCUT2D eigenvalue weighted by Crippen LogP contribution is 2.34. The Morgan fingerprint density at radius 2 is 1.87 bits per heavy atom. The number of amides is 1. The third-order valence-electron chi connectivity index (χ3n) is 3.75. The SMILES string of the molecule is O=C1N=C(N2CCOCC2)SC1=Cc1ccc2c(c1)OCCO2. The van der Waals surface area contributed by atoms with Crippen molar-refractivity contribution >= 4 is 28.9 Å². The van der Waals surface area contributed by atoms with Crippen molar-refractivity contribution < 1.29 is 19.0 Å². The lowest BCUT2D eigenvalue weighted by molar-refractivity contribution is -0.113. The van der Waals surface area contributed by atoms with Crippen molar-refractivity contribution in [2.75, 3.05) is 39.5 Å². The standard InChI is InChI=1S/C16H16N2O4S/c19-15-14(23-16(17-15)18-3-5-20-6-4-18)10-11-1-2-12-13(9-11)22-8-7-21-12/h1-2,9-10H,3-8H2. The molecule has 1 aromatic rings. The zero-order chi connectivity index (χ0) is 15.6. The summed E-state index contributed by atoms with van der Waals surface area (Å²) in [5.74, 6) is 1.27. The van der Waals surface area contributed by atoms with Gasteiger partial charge in [0.1, 0.15) is 13.2 Å². The van der Waals surface area contributed by atoms with Crippen molar-refractivity contribution in [3.05, 3.63) is 28.7 Å². The van der Waals surface area contributed by atoms with E-state index in [0.717, 1.165) is 35.3 Å². The number of carbonyl (C=O) groups is 1. The van der Waals surface area contributed by atoms with Gasteiger partial charge in [-0.1, -0.05) is 6.07 Å². The summed E-state index contributed by atoms with van der Waals surface area (Å²) in [4.78, 5) is 19.0. The number of morpholine rings is 1. The number of carbonyl (C=O) groups excluding carboxylic acids is 1. The molecule has 4 rings (SSSR count). The summed E-state index contributed by atoms with van der Waals surface area (Å²) in [7, 11) is 0. The zero-order valence-corrected chi connectivity index (χ0v) is 13.3. The van der Waals surface area contributed by atoms with Gasteiger partial charge in [-0.25, -0.2) is 0 Å². The Balaban J connectivity index is 1.52. The lowest BCUT2D eigenvalue weighted by atomic mass is 10.2. The van der Waals surface area contributed by atoms with E-state index < -0.39 is 0 Å². The fraction of sp³-hybridized carbons (Fsp3) is 0.375. The van der Waals surface area contributed by atoms with Crippen LogP contribution in [-0.2, 0) is 9.53 Å². The van der Waals surface area contributed by atoms with Crippen molar-refractivity contribution in [3.63, 3.8) is 0 Å². The van der Waals surface area contributed by atoms with Gasteiger partial charge in [0.25, 0.3) is 5.91 Å². The van der Waals surface area contributed by atoms with E-state index in [1.165, 1.54) is 11.8 Å². The molecule has 1 fully saturated rings. The Kier molecular flexibility index (Phi) is 3.97. The monoisotopic (exact) mass is 332 g/mol. The number of fused-ring (bicyclic) bond motifs is 1. The third-order valence-corrected chi connectivity index (χ3v) is 4.80. The molecule has 3 aliphatic rings. The fourth-order valence-electron chi connectivity index (χ4n) is 2.59. The highest BCUT2D eigenvalue weighted by Gasteiger charge is 2.27. The van der Waals surface area contributed by atoms with Gasteiger partial charge < -0.3 is 19.1 Å². The second kappa shape index (κ2) is 6.25. The minimum absolute atomic E-state index is 0.189. The highest BCUT2D eigenvalue weighted by atomic mass is 32.2. The van der Waals surface area contributed by atoms with Crippen LogP contribution in [0.2, 0.25) is 0 Å². The summed E-state index contributed by atoms with van der Waals surface area (Å²) in [6.45, 7) is 4.01. The van der Waals surface area contributed by atoms with Gasteiger partial charge >= 0.3 is 0 Å². The number of rotatable bonds is 1. The maximum absolute atomic E-state index is 12.1. The van der Waals surface area contributed by atoms with Crippen LogP contribution in [0.25, 0.3) is 6.08 Å². The molecule has 6 nitrogen and oxygen atoms in total. The summed E-state index contributed by atoms with van der Waals surface area (Å²) in [6, 6.07) is 5.68. The van der Waals surface area contributed by atoms with Crippen LogP contribution in [0.3, 0.4) is 0 Å².